The maximum absolute atomic E-state index is 11.0. The van der Waals surface area contributed by atoms with Gasteiger partial charge in [-0.25, -0.2) is 0 Å². The molecule has 0 bridgehead atoms. The van der Waals surface area contributed by atoms with Gasteiger partial charge >= 0.3 is 0 Å². The van der Waals surface area contributed by atoms with Gasteiger partial charge < -0.3 is 5.11 Å². The van der Waals surface area contributed by atoms with Crippen LogP contribution in [-0.2, 0) is 5.60 Å². The average molecular weight is 284 g/mol. The van der Waals surface area contributed by atoms with Gasteiger partial charge in [-0.1, -0.05) is 48.0 Å². The third-order valence-electron chi connectivity index (χ3n) is 3.54. The van der Waals surface area contributed by atoms with E-state index < -0.39 is 5.60 Å². The van der Waals surface area contributed by atoms with E-state index in [4.69, 9.17) is 11.6 Å². The lowest BCUT2D eigenvalue weighted by atomic mass is 9.87. The van der Waals surface area contributed by atoms with Crippen molar-refractivity contribution in [3.8, 4) is 0 Å². The van der Waals surface area contributed by atoms with Crippen molar-refractivity contribution < 1.29 is 5.11 Å². The van der Waals surface area contributed by atoms with E-state index in [-0.39, 0.29) is 0 Å². The van der Waals surface area contributed by atoms with E-state index in [2.05, 4.69) is 4.98 Å². The highest BCUT2D eigenvalue weighted by atomic mass is 35.5. The maximum Gasteiger partial charge on any atom is 0.114 e. The average Bonchev–Trinajstić information content (AvgIpc) is 2.46. The van der Waals surface area contributed by atoms with Gasteiger partial charge in [0.2, 0.25) is 0 Å². The second-order valence-electron chi connectivity index (χ2n) is 4.96. The number of rotatable bonds is 2. The molecule has 0 spiro atoms. The molecular formula is C17H14ClNO. The van der Waals surface area contributed by atoms with Gasteiger partial charge in [0.1, 0.15) is 5.60 Å². The minimum Gasteiger partial charge on any atom is -0.381 e. The number of aliphatic hydroxyl groups is 1. The first kappa shape index (κ1) is 13.1. The number of halogens is 1. The van der Waals surface area contributed by atoms with Gasteiger partial charge in [-0.2, -0.15) is 0 Å². The van der Waals surface area contributed by atoms with Crippen molar-refractivity contribution in [1.29, 1.82) is 0 Å². The molecule has 3 heteroatoms. The van der Waals surface area contributed by atoms with Gasteiger partial charge in [-0.15, -0.1) is 0 Å². The summed E-state index contributed by atoms with van der Waals surface area (Å²) in [6.07, 6.45) is 1.74. The molecule has 2 aromatic carbocycles. The Morgan fingerprint density at radius 2 is 1.80 bits per heavy atom. The summed E-state index contributed by atoms with van der Waals surface area (Å²) in [5, 5.41) is 12.6. The molecule has 3 rings (SSSR count). The Hall–Kier alpha value is -1.90. The molecule has 0 amide bonds. The van der Waals surface area contributed by atoms with Crippen molar-refractivity contribution in [3.63, 3.8) is 0 Å². The summed E-state index contributed by atoms with van der Waals surface area (Å²) in [7, 11) is 0. The minimum absolute atomic E-state index is 0.607. The molecule has 20 heavy (non-hydrogen) atoms. The number of pyridine rings is 1. The molecule has 0 saturated heterocycles. The van der Waals surface area contributed by atoms with E-state index in [1.807, 2.05) is 42.5 Å². The highest BCUT2D eigenvalue weighted by Gasteiger charge is 2.28. The second kappa shape index (κ2) is 4.89. The lowest BCUT2D eigenvalue weighted by molar-refractivity contribution is 0.104. The zero-order chi connectivity index (χ0) is 14.2. The van der Waals surface area contributed by atoms with Crippen LogP contribution in [-0.4, -0.2) is 10.1 Å². The van der Waals surface area contributed by atoms with Gasteiger partial charge in [0, 0.05) is 22.2 Å². The Labute approximate surface area is 122 Å². The number of aromatic nitrogens is 1. The molecule has 0 fully saturated rings. The lowest BCUT2D eigenvalue weighted by Crippen LogP contribution is -2.23. The summed E-state index contributed by atoms with van der Waals surface area (Å²) in [5.41, 5.74) is 1.19. The highest BCUT2D eigenvalue weighted by Crippen LogP contribution is 2.34. The van der Waals surface area contributed by atoms with E-state index >= 15 is 0 Å². The van der Waals surface area contributed by atoms with Crippen molar-refractivity contribution in [1.82, 2.24) is 4.98 Å². The summed E-state index contributed by atoms with van der Waals surface area (Å²) in [6, 6.07) is 17.0. The smallest absolute Gasteiger partial charge is 0.114 e. The number of hydrogen-bond donors (Lipinski definition) is 1. The lowest BCUT2D eigenvalue weighted by Gasteiger charge is -2.25. The Bertz CT molecular complexity index is 762. The van der Waals surface area contributed by atoms with Crippen LogP contribution in [0.3, 0.4) is 0 Å². The molecule has 1 unspecified atom stereocenters. The molecule has 2 nitrogen and oxygen atoms in total. The van der Waals surface area contributed by atoms with Crippen molar-refractivity contribution in [2.75, 3.05) is 0 Å². The van der Waals surface area contributed by atoms with Crippen molar-refractivity contribution in [2.24, 2.45) is 0 Å². The van der Waals surface area contributed by atoms with Crippen LogP contribution in [0.25, 0.3) is 10.9 Å². The summed E-state index contributed by atoms with van der Waals surface area (Å²) in [6.45, 7) is 1.77. The zero-order valence-electron chi connectivity index (χ0n) is 11.0. The van der Waals surface area contributed by atoms with Crippen LogP contribution >= 0.6 is 11.6 Å². The topological polar surface area (TPSA) is 33.1 Å². The Morgan fingerprint density at radius 3 is 2.60 bits per heavy atom. The summed E-state index contributed by atoms with van der Waals surface area (Å²) in [5.74, 6) is 0. The predicted octanol–water partition coefficient (Wildman–Crippen LogP) is 4.14. The number of hydrogen-bond acceptors (Lipinski definition) is 2. The first-order valence-corrected chi connectivity index (χ1v) is 6.79. The van der Waals surface area contributed by atoms with Crippen LogP contribution in [0.15, 0.2) is 60.8 Å². The molecule has 1 atom stereocenters. The van der Waals surface area contributed by atoms with Gasteiger partial charge in [0.15, 0.2) is 0 Å². The fourth-order valence-electron chi connectivity index (χ4n) is 2.44. The molecule has 3 aromatic rings. The van der Waals surface area contributed by atoms with Gasteiger partial charge in [0.25, 0.3) is 0 Å². The highest BCUT2D eigenvalue weighted by molar-refractivity contribution is 6.30. The van der Waals surface area contributed by atoms with Crippen molar-refractivity contribution in [3.05, 3.63) is 76.9 Å². The van der Waals surface area contributed by atoms with Crippen LogP contribution in [0.1, 0.15) is 18.1 Å². The van der Waals surface area contributed by atoms with Gasteiger partial charge in [-0.3, -0.25) is 4.98 Å². The molecule has 1 heterocycles. The predicted molar refractivity (Wildman–Crippen MR) is 81.9 cm³/mol. The van der Waals surface area contributed by atoms with Gasteiger partial charge in [-0.05, 0) is 30.7 Å². The van der Waals surface area contributed by atoms with E-state index in [1.165, 1.54) is 0 Å². The fourth-order valence-corrected chi connectivity index (χ4v) is 2.63. The Morgan fingerprint density at radius 1 is 1.05 bits per heavy atom. The maximum atomic E-state index is 11.0. The third-order valence-corrected chi connectivity index (χ3v) is 3.78. The van der Waals surface area contributed by atoms with Crippen molar-refractivity contribution in [2.45, 2.75) is 12.5 Å². The number of benzene rings is 2. The third kappa shape index (κ3) is 2.17. The van der Waals surface area contributed by atoms with Crippen LogP contribution < -0.4 is 0 Å². The monoisotopic (exact) mass is 283 g/mol. The minimum atomic E-state index is -1.14. The standard InChI is InChI=1S/C17H14ClNO/c1-17(20,13-7-3-8-14(18)11-13)15-9-2-5-12-6-4-10-19-16(12)15/h2-11,20H,1H3. The first-order valence-electron chi connectivity index (χ1n) is 6.42. The second-order valence-corrected chi connectivity index (χ2v) is 5.40. The quantitative estimate of drug-likeness (QED) is 0.766. The molecule has 0 saturated carbocycles. The molecule has 0 aliphatic heterocycles. The molecule has 1 aromatic heterocycles. The Balaban J connectivity index is 2.23. The number of nitrogens with zero attached hydrogens (tertiary/aromatic N) is 1. The SMILES string of the molecule is CC(O)(c1cccc(Cl)c1)c1cccc2cccnc12. The molecule has 0 aliphatic rings. The normalized spacial score (nSPS) is 14.2. The zero-order valence-corrected chi connectivity index (χ0v) is 11.8. The largest absolute Gasteiger partial charge is 0.381 e. The van der Waals surface area contributed by atoms with E-state index in [0.29, 0.717) is 5.02 Å². The Kier molecular flexibility index (Phi) is 3.20. The van der Waals surface area contributed by atoms with E-state index in [0.717, 1.165) is 22.0 Å². The van der Waals surface area contributed by atoms with Crippen LogP contribution in [0.5, 0.6) is 0 Å². The summed E-state index contributed by atoms with van der Waals surface area (Å²) < 4.78 is 0. The van der Waals surface area contributed by atoms with Crippen LogP contribution in [0.4, 0.5) is 0 Å². The first-order chi connectivity index (χ1) is 9.59. The van der Waals surface area contributed by atoms with E-state index in [9.17, 15) is 5.11 Å². The van der Waals surface area contributed by atoms with Crippen LogP contribution in [0.2, 0.25) is 5.02 Å². The van der Waals surface area contributed by atoms with Crippen molar-refractivity contribution >= 4 is 22.5 Å². The van der Waals surface area contributed by atoms with Crippen LogP contribution in [0, 0.1) is 0 Å². The summed E-state index contributed by atoms with van der Waals surface area (Å²) >= 11 is 6.03. The molecule has 1 N–H and O–H groups in total. The molecular weight excluding hydrogens is 270 g/mol. The fraction of sp³-hybridized carbons (Fsp3) is 0.118. The number of para-hydroxylation sites is 1. The summed E-state index contributed by atoms with van der Waals surface area (Å²) in [4.78, 5) is 4.40. The van der Waals surface area contributed by atoms with E-state index in [1.54, 1.807) is 25.3 Å². The van der Waals surface area contributed by atoms with Gasteiger partial charge in [0.05, 0.1) is 5.52 Å². The number of fused-ring (bicyclic) bond motifs is 1. The molecule has 100 valence electrons. The molecule has 0 aliphatic carbocycles. The molecule has 0 radical (unpaired) electrons.